The standard InChI is InChI=1S/C19H16N2O/c1-3-13-5-7-14(8-6-13)18-15-10-12(2)4-9-17(15)21-19(22)16(18)11-20/h4-10H,3H2,1-2H3,(H,21,22). The molecule has 0 saturated carbocycles. The summed E-state index contributed by atoms with van der Waals surface area (Å²) in [6.07, 6.45) is 0.959. The first-order valence-corrected chi connectivity index (χ1v) is 7.30. The number of nitriles is 1. The fraction of sp³-hybridized carbons (Fsp3) is 0.158. The zero-order chi connectivity index (χ0) is 15.7. The van der Waals surface area contributed by atoms with Crippen LogP contribution in [-0.2, 0) is 6.42 Å². The number of aryl methyl sites for hydroxylation is 2. The van der Waals surface area contributed by atoms with Gasteiger partial charge in [-0.2, -0.15) is 5.26 Å². The normalized spacial score (nSPS) is 10.6. The number of rotatable bonds is 2. The van der Waals surface area contributed by atoms with Gasteiger partial charge in [-0.15, -0.1) is 0 Å². The molecule has 1 aromatic heterocycles. The Balaban J connectivity index is 2.41. The highest BCUT2D eigenvalue weighted by Gasteiger charge is 2.14. The third-order valence-corrected chi connectivity index (χ3v) is 3.93. The molecule has 0 spiro atoms. The molecule has 108 valence electrons. The molecule has 0 aliphatic carbocycles. The maximum Gasteiger partial charge on any atom is 0.266 e. The summed E-state index contributed by atoms with van der Waals surface area (Å²) in [5, 5.41) is 10.3. The molecule has 1 heterocycles. The van der Waals surface area contributed by atoms with Crippen LogP contribution in [0, 0.1) is 18.3 Å². The molecule has 3 rings (SSSR count). The largest absolute Gasteiger partial charge is 0.321 e. The maximum atomic E-state index is 12.2. The lowest BCUT2D eigenvalue weighted by atomic mass is 9.95. The van der Waals surface area contributed by atoms with E-state index in [-0.39, 0.29) is 11.1 Å². The Hall–Kier alpha value is -2.86. The van der Waals surface area contributed by atoms with Gasteiger partial charge >= 0.3 is 0 Å². The van der Waals surface area contributed by atoms with Crippen LogP contribution in [0.2, 0.25) is 0 Å². The second kappa shape index (κ2) is 5.50. The van der Waals surface area contributed by atoms with E-state index in [0.717, 1.165) is 28.5 Å². The Morgan fingerprint density at radius 1 is 1.14 bits per heavy atom. The number of aromatic amines is 1. The van der Waals surface area contributed by atoms with Gasteiger partial charge in [-0.3, -0.25) is 4.79 Å². The molecule has 3 heteroatoms. The van der Waals surface area contributed by atoms with Gasteiger partial charge in [-0.1, -0.05) is 42.8 Å². The Morgan fingerprint density at radius 3 is 2.50 bits per heavy atom. The lowest BCUT2D eigenvalue weighted by Gasteiger charge is -2.10. The second-order valence-corrected chi connectivity index (χ2v) is 5.42. The van der Waals surface area contributed by atoms with Crippen LogP contribution in [0.1, 0.15) is 23.6 Å². The van der Waals surface area contributed by atoms with Crippen LogP contribution in [0.3, 0.4) is 0 Å². The zero-order valence-electron chi connectivity index (χ0n) is 12.6. The molecule has 3 nitrogen and oxygen atoms in total. The molecule has 0 radical (unpaired) electrons. The molecule has 3 aromatic rings. The van der Waals surface area contributed by atoms with E-state index in [1.807, 2.05) is 49.4 Å². The number of nitrogens with zero attached hydrogens (tertiary/aromatic N) is 1. The third-order valence-electron chi connectivity index (χ3n) is 3.93. The first kappa shape index (κ1) is 14.1. The molecule has 0 atom stereocenters. The predicted molar refractivity (Wildman–Crippen MR) is 88.8 cm³/mol. The molecule has 0 amide bonds. The third kappa shape index (κ3) is 2.29. The topological polar surface area (TPSA) is 56.6 Å². The van der Waals surface area contributed by atoms with Crippen molar-refractivity contribution in [2.75, 3.05) is 0 Å². The van der Waals surface area contributed by atoms with E-state index in [4.69, 9.17) is 0 Å². The lowest BCUT2D eigenvalue weighted by molar-refractivity contribution is 1.14. The number of aromatic nitrogens is 1. The van der Waals surface area contributed by atoms with Crippen LogP contribution in [0.15, 0.2) is 47.3 Å². The zero-order valence-corrected chi connectivity index (χ0v) is 12.6. The van der Waals surface area contributed by atoms with Crippen LogP contribution >= 0.6 is 0 Å². The van der Waals surface area contributed by atoms with Crippen molar-refractivity contribution in [3.63, 3.8) is 0 Å². The van der Waals surface area contributed by atoms with Crippen molar-refractivity contribution in [3.8, 4) is 17.2 Å². The summed E-state index contributed by atoms with van der Waals surface area (Å²) in [5.74, 6) is 0. The van der Waals surface area contributed by atoms with Gasteiger partial charge in [0, 0.05) is 16.5 Å². The van der Waals surface area contributed by atoms with Crippen LogP contribution in [0.25, 0.3) is 22.0 Å². The van der Waals surface area contributed by atoms with Crippen molar-refractivity contribution in [1.29, 1.82) is 5.26 Å². The summed E-state index contributed by atoms with van der Waals surface area (Å²) in [5.41, 5.74) is 4.52. The quantitative estimate of drug-likeness (QED) is 0.776. The van der Waals surface area contributed by atoms with E-state index in [0.29, 0.717) is 5.56 Å². The molecule has 1 N–H and O–H groups in total. The van der Waals surface area contributed by atoms with E-state index in [1.165, 1.54) is 5.56 Å². The number of hydrogen-bond donors (Lipinski definition) is 1. The molecule has 0 saturated heterocycles. The number of fused-ring (bicyclic) bond motifs is 1. The first-order chi connectivity index (χ1) is 10.6. The molecule has 0 bridgehead atoms. The van der Waals surface area contributed by atoms with Crippen molar-refractivity contribution in [2.45, 2.75) is 20.3 Å². The molecule has 0 fully saturated rings. The van der Waals surface area contributed by atoms with Crippen LogP contribution in [-0.4, -0.2) is 4.98 Å². The minimum atomic E-state index is -0.339. The summed E-state index contributed by atoms with van der Waals surface area (Å²) >= 11 is 0. The van der Waals surface area contributed by atoms with Gasteiger partial charge in [0.2, 0.25) is 0 Å². The molecule has 2 aromatic carbocycles. The van der Waals surface area contributed by atoms with Crippen LogP contribution in [0.5, 0.6) is 0 Å². The van der Waals surface area contributed by atoms with Gasteiger partial charge in [-0.25, -0.2) is 0 Å². The maximum absolute atomic E-state index is 12.2. The van der Waals surface area contributed by atoms with Gasteiger partial charge in [0.1, 0.15) is 11.6 Å². The molecule has 0 unspecified atom stereocenters. The highest BCUT2D eigenvalue weighted by atomic mass is 16.1. The minimum absolute atomic E-state index is 0.169. The highest BCUT2D eigenvalue weighted by Crippen LogP contribution is 2.30. The Morgan fingerprint density at radius 2 is 1.86 bits per heavy atom. The fourth-order valence-corrected chi connectivity index (χ4v) is 2.72. The monoisotopic (exact) mass is 288 g/mol. The molecular weight excluding hydrogens is 272 g/mol. The van der Waals surface area contributed by atoms with Gasteiger partial charge < -0.3 is 4.98 Å². The van der Waals surface area contributed by atoms with Crippen LogP contribution < -0.4 is 5.56 Å². The molecule has 0 aliphatic rings. The fourth-order valence-electron chi connectivity index (χ4n) is 2.72. The Labute approximate surface area is 128 Å². The van der Waals surface area contributed by atoms with Gasteiger partial charge in [0.15, 0.2) is 0 Å². The number of benzene rings is 2. The van der Waals surface area contributed by atoms with E-state index < -0.39 is 0 Å². The van der Waals surface area contributed by atoms with Crippen molar-refractivity contribution < 1.29 is 0 Å². The minimum Gasteiger partial charge on any atom is -0.321 e. The average molecular weight is 288 g/mol. The van der Waals surface area contributed by atoms with Gasteiger partial charge in [-0.05, 0) is 36.6 Å². The van der Waals surface area contributed by atoms with Gasteiger partial charge in [0.25, 0.3) is 5.56 Å². The average Bonchev–Trinajstić information content (AvgIpc) is 2.54. The van der Waals surface area contributed by atoms with Crippen molar-refractivity contribution in [3.05, 3.63) is 69.5 Å². The highest BCUT2D eigenvalue weighted by molar-refractivity contribution is 5.97. The summed E-state index contributed by atoms with van der Waals surface area (Å²) in [7, 11) is 0. The smallest absolute Gasteiger partial charge is 0.266 e. The molecule has 0 aliphatic heterocycles. The number of hydrogen-bond acceptors (Lipinski definition) is 2. The SMILES string of the molecule is CCc1ccc(-c2c(C#N)c(=O)[nH]c3ccc(C)cc23)cc1. The number of H-pyrrole nitrogens is 1. The summed E-state index contributed by atoms with van der Waals surface area (Å²) in [6.45, 7) is 4.10. The number of nitrogens with one attached hydrogen (secondary N) is 1. The molecular formula is C19H16N2O. The van der Waals surface area contributed by atoms with E-state index in [1.54, 1.807) is 0 Å². The van der Waals surface area contributed by atoms with Gasteiger partial charge in [0.05, 0.1) is 0 Å². The van der Waals surface area contributed by atoms with E-state index in [9.17, 15) is 10.1 Å². The summed E-state index contributed by atoms with van der Waals surface area (Å²) < 4.78 is 0. The first-order valence-electron chi connectivity index (χ1n) is 7.30. The van der Waals surface area contributed by atoms with Crippen molar-refractivity contribution in [2.24, 2.45) is 0 Å². The second-order valence-electron chi connectivity index (χ2n) is 5.42. The lowest BCUT2D eigenvalue weighted by Crippen LogP contribution is -2.12. The molecule has 22 heavy (non-hydrogen) atoms. The van der Waals surface area contributed by atoms with E-state index in [2.05, 4.69) is 18.0 Å². The Bertz CT molecular complexity index is 944. The summed E-state index contributed by atoms with van der Waals surface area (Å²) in [6, 6.07) is 16.0. The summed E-state index contributed by atoms with van der Waals surface area (Å²) in [4.78, 5) is 15.0. The van der Waals surface area contributed by atoms with Crippen molar-refractivity contribution in [1.82, 2.24) is 4.98 Å². The number of pyridine rings is 1. The predicted octanol–water partition coefficient (Wildman–Crippen LogP) is 3.94. The Kier molecular flexibility index (Phi) is 3.52. The van der Waals surface area contributed by atoms with E-state index >= 15 is 0 Å². The van der Waals surface area contributed by atoms with Crippen LogP contribution in [0.4, 0.5) is 0 Å². The van der Waals surface area contributed by atoms with Crippen molar-refractivity contribution >= 4 is 10.9 Å².